The number of benzene rings is 1. The van der Waals surface area contributed by atoms with Crippen molar-refractivity contribution in [1.82, 2.24) is 29.7 Å². The molecule has 2 aromatic heterocycles. The van der Waals surface area contributed by atoms with E-state index in [2.05, 4.69) is 34.5 Å². The summed E-state index contributed by atoms with van der Waals surface area (Å²) in [7, 11) is 1.90. The van der Waals surface area contributed by atoms with Gasteiger partial charge in [0.05, 0.1) is 17.6 Å². The van der Waals surface area contributed by atoms with Crippen molar-refractivity contribution in [3.63, 3.8) is 0 Å². The molecule has 4 rings (SSSR count). The van der Waals surface area contributed by atoms with Gasteiger partial charge in [0.1, 0.15) is 0 Å². The molecule has 3 aromatic rings. The summed E-state index contributed by atoms with van der Waals surface area (Å²) in [5.74, 6) is -0.112. The van der Waals surface area contributed by atoms with Gasteiger partial charge in [-0.25, -0.2) is 4.68 Å². The van der Waals surface area contributed by atoms with Crippen molar-refractivity contribution in [2.45, 2.75) is 13.3 Å². The SMILES string of the molecule is CCc1ccccc1-n1cc(C(=O)N2CC=C(c3ccnn3C)C2)nn1. The van der Waals surface area contributed by atoms with Crippen molar-refractivity contribution >= 4 is 11.5 Å². The number of carbonyl (C=O) groups is 1. The Labute approximate surface area is 151 Å². The van der Waals surface area contributed by atoms with Crippen molar-refractivity contribution in [3.05, 3.63) is 65.8 Å². The zero-order valence-corrected chi connectivity index (χ0v) is 14.8. The fourth-order valence-corrected chi connectivity index (χ4v) is 3.26. The van der Waals surface area contributed by atoms with Crippen LogP contribution in [0.4, 0.5) is 0 Å². The Hall–Kier alpha value is -3.22. The monoisotopic (exact) mass is 348 g/mol. The molecule has 26 heavy (non-hydrogen) atoms. The van der Waals surface area contributed by atoms with Crippen LogP contribution in [-0.2, 0) is 13.5 Å². The molecular formula is C19H20N6O. The molecule has 1 aliphatic heterocycles. The Balaban J connectivity index is 1.52. The summed E-state index contributed by atoms with van der Waals surface area (Å²) >= 11 is 0. The molecule has 0 N–H and O–H groups in total. The summed E-state index contributed by atoms with van der Waals surface area (Å²) < 4.78 is 3.50. The Morgan fingerprint density at radius 1 is 1.23 bits per heavy atom. The Morgan fingerprint density at radius 3 is 2.85 bits per heavy atom. The third kappa shape index (κ3) is 2.81. The van der Waals surface area contributed by atoms with Gasteiger partial charge in [-0.3, -0.25) is 9.48 Å². The average molecular weight is 348 g/mol. The highest BCUT2D eigenvalue weighted by Gasteiger charge is 2.25. The van der Waals surface area contributed by atoms with E-state index in [1.807, 2.05) is 36.0 Å². The highest BCUT2D eigenvalue weighted by molar-refractivity contribution is 5.94. The number of amides is 1. The minimum atomic E-state index is -0.112. The smallest absolute Gasteiger partial charge is 0.276 e. The number of hydrogen-bond donors (Lipinski definition) is 0. The lowest BCUT2D eigenvalue weighted by Gasteiger charge is -2.14. The second-order valence-electron chi connectivity index (χ2n) is 6.29. The minimum absolute atomic E-state index is 0.112. The Morgan fingerprint density at radius 2 is 2.08 bits per heavy atom. The van der Waals surface area contributed by atoms with E-state index < -0.39 is 0 Å². The fraction of sp³-hybridized carbons (Fsp3) is 0.263. The lowest BCUT2D eigenvalue weighted by molar-refractivity contribution is 0.0795. The quantitative estimate of drug-likeness (QED) is 0.724. The summed E-state index contributed by atoms with van der Waals surface area (Å²) in [5, 5.41) is 12.4. The van der Waals surface area contributed by atoms with Crippen LogP contribution in [0.15, 0.2) is 48.8 Å². The van der Waals surface area contributed by atoms with Crippen LogP contribution in [0.25, 0.3) is 11.3 Å². The first-order valence-corrected chi connectivity index (χ1v) is 8.64. The molecular weight excluding hydrogens is 328 g/mol. The zero-order chi connectivity index (χ0) is 18.1. The van der Waals surface area contributed by atoms with E-state index in [1.165, 1.54) is 0 Å². The molecule has 0 saturated heterocycles. The van der Waals surface area contributed by atoms with E-state index in [1.54, 1.807) is 22.0 Å². The third-order valence-electron chi connectivity index (χ3n) is 4.69. The number of para-hydroxylation sites is 1. The first-order chi connectivity index (χ1) is 12.7. The minimum Gasteiger partial charge on any atom is -0.329 e. The summed E-state index contributed by atoms with van der Waals surface area (Å²) in [6.45, 7) is 3.21. The van der Waals surface area contributed by atoms with Gasteiger partial charge in [-0.15, -0.1) is 5.10 Å². The van der Waals surface area contributed by atoms with E-state index in [4.69, 9.17) is 0 Å². The first kappa shape index (κ1) is 16.3. The number of nitrogens with zero attached hydrogens (tertiary/aromatic N) is 6. The molecule has 7 heteroatoms. The summed E-state index contributed by atoms with van der Waals surface area (Å²) in [4.78, 5) is 14.6. The van der Waals surface area contributed by atoms with Crippen molar-refractivity contribution in [3.8, 4) is 5.69 Å². The molecule has 0 unspecified atom stereocenters. The molecule has 0 fully saturated rings. The number of carbonyl (C=O) groups excluding carboxylic acids is 1. The third-order valence-corrected chi connectivity index (χ3v) is 4.69. The predicted octanol–water partition coefficient (Wildman–Crippen LogP) is 2.10. The fourth-order valence-electron chi connectivity index (χ4n) is 3.26. The van der Waals surface area contributed by atoms with Crippen LogP contribution in [0.2, 0.25) is 0 Å². The van der Waals surface area contributed by atoms with Crippen molar-refractivity contribution in [2.75, 3.05) is 13.1 Å². The maximum Gasteiger partial charge on any atom is 0.276 e. The van der Waals surface area contributed by atoms with E-state index in [-0.39, 0.29) is 5.91 Å². The van der Waals surface area contributed by atoms with Gasteiger partial charge in [0.2, 0.25) is 0 Å². The largest absolute Gasteiger partial charge is 0.329 e. The van der Waals surface area contributed by atoms with Crippen LogP contribution in [0.3, 0.4) is 0 Å². The molecule has 0 bridgehead atoms. The molecule has 1 aliphatic rings. The van der Waals surface area contributed by atoms with E-state index >= 15 is 0 Å². The molecule has 0 saturated carbocycles. The van der Waals surface area contributed by atoms with Crippen LogP contribution in [0.1, 0.15) is 28.7 Å². The van der Waals surface area contributed by atoms with Crippen LogP contribution in [0.5, 0.6) is 0 Å². The maximum absolute atomic E-state index is 12.8. The molecule has 7 nitrogen and oxygen atoms in total. The number of aromatic nitrogens is 5. The van der Waals surface area contributed by atoms with Gasteiger partial charge in [0.25, 0.3) is 5.91 Å². The lowest BCUT2D eigenvalue weighted by Crippen LogP contribution is -2.29. The second-order valence-corrected chi connectivity index (χ2v) is 6.29. The van der Waals surface area contributed by atoms with Gasteiger partial charge in [-0.1, -0.05) is 36.4 Å². The molecule has 0 atom stereocenters. The highest BCUT2D eigenvalue weighted by Crippen LogP contribution is 2.22. The number of hydrogen-bond acceptors (Lipinski definition) is 4. The van der Waals surface area contributed by atoms with Crippen LogP contribution in [-0.4, -0.2) is 48.7 Å². The summed E-state index contributed by atoms with van der Waals surface area (Å²) in [5.41, 5.74) is 4.60. The van der Waals surface area contributed by atoms with E-state index in [9.17, 15) is 4.79 Å². The van der Waals surface area contributed by atoms with Gasteiger partial charge < -0.3 is 4.90 Å². The van der Waals surface area contributed by atoms with E-state index in [0.717, 1.165) is 28.9 Å². The van der Waals surface area contributed by atoms with Gasteiger partial charge in [-0.05, 0) is 29.7 Å². The normalized spacial score (nSPS) is 13.9. The number of rotatable bonds is 4. The molecule has 1 amide bonds. The van der Waals surface area contributed by atoms with Gasteiger partial charge in [0.15, 0.2) is 5.69 Å². The van der Waals surface area contributed by atoms with Crippen molar-refractivity contribution in [1.29, 1.82) is 0 Å². The van der Waals surface area contributed by atoms with Gasteiger partial charge >= 0.3 is 0 Å². The van der Waals surface area contributed by atoms with Crippen LogP contribution < -0.4 is 0 Å². The second kappa shape index (κ2) is 6.59. The molecule has 132 valence electrons. The zero-order valence-electron chi connectivity index (χ0n) is 14.8. The summed E-state index contributed by atoms with van der Waals surface area (Å²) in [6.07, 6.45) is 6.42. The van der Waals surface area contributed by atoms with E-state index in [0.29, 0.717) is 18.8 Å². The van der Waals surface area contributed by atoms with Crippen LogP contribution in [0, 0.1) is 0 Å². The predicted molar refractivity (Wildman–Crippen MR) is 97.8 cm³/mol. The number of aryl methyl sites for hydroxylation is 2. The molecule has 0 aliphatic carbocycles. The van der Waals surface area contributed by atoms with Crippen molar-refractivity contribution < 1.29 is 4.79 Å². The molecule has 0 radical (unpaired) electrons. The first-order valence-electron chi connectivity index (χ1n) is 8.64. The Kier molecular flexibility index (Phi) is 4.12. The molecule has 1 aromatic carbocycles. The standard InChI is InChI=1S/C19H20N6O/c1-3-14-6-4-5-7-18(14)25-13-16(21-22-25)19(26)24-11-9-15(12-24)17-8-10-20-23(17)2/h4-10,13H,3,11-12H2,1-2H3. The van der Waals surface area contributed by atoms with Crippen molar-refractivity contribution in [2.24, 2.45) is 7.05 Å². The lowest BCUT2D eigenvalue weighted by atomic mass is 10.1. The van der Waals surface area contributed by atoms with Gasteiger partial charge in [-0.2, -0.15) is 5.10 Å². The maximum atomic E-state index is 12.8. The highest BCUT2D eigenvalue weighted by atomic mass is 16.2. The van der Waals surface area contributed by atoms with Crippen LogP contribution >= 0.6 is 0 Å². The average Bonchev–Trinajstić information content (AvgIpc) is 3.41. The Bertz CT molecular complexity index is 983. The topological polar surface area (TPSA) is 68.8 Å². The van der Waals surface area contributed by atoms with Gasteiger partial charge in [0, 0.05) is 26.3 Å². The summed E-state index contributed by atoms with van der Waals surface area (Å²) in [6, 6.07) is 9.96. The molecule has 0 spiro atoms. The molecule has 3 heterocycles.